The number of hydrogen-bond acceptors (Lipinski definition) is 2. The standard InChI is InChI=1S/C7H3F3N2S/c8-7(9,10)5-1-4(2-11)3-12-6(5)13/h1,3H,(H,12,13). The first-order chi connectivity index (χ1) is 5.95. The van der Waals surface area contributed by atoms with Crippen LogP contribution in [0.25, 0.3) is 0 Å². The molecule has 0 saturated heterocycles. The van der Waals surface area contributed by atoms with Crippen LogP contribution in [0.5, 0.6) is 0 Å². The predicted molar refractivity (Wildman–Crippen MR) is 41.3 cm³/mol. The maximum Gasteiger partial charge on any atom is 0.419 e. The van der Waals surface area contributed by atoms with Crippen molar-refractivity contribution in [3.05, 3.63) is 28.0 Å². The Kier molecular flexibility index (Phi) is 2.38. The maximum atomic E-state index is 12.2. The van der Waals surface area contributed by atoms with E-state index in [1.165, 1.54) is 0 Å². The number of rotatable bonds is 0. The number of aromatic nitrogens is 1. The lowest BCUT2D eigenvalue weighted by Gasteiger charge is -2.05. The Bertz CT molecular complexity index is 413. The second-order valence-electron chi connectivity index (χ2n) is 2.24. The second-order valence-corrected chi connectivity index (χ2v) is 2.65. The van der Waals surface area contributed by atoms with Crippen LogP contribution in [0.1, 0.15) is 11.1 Å². The van der Waals surface area contributed by atoms with Gasteiger partial charge in [-0.15, -0.1) is 0 Å². The molecule has 0 aliphatic heterocycles. The highest BCUT2D eigenvalue weighted by molar-refractivity contribution is 7.71. The van der Waals surface area contributed by atoms with Crippen molar-refractivity contribution in [3.63, 3.8) is 0 Å². The molecule has 0 saturated carbocycles. The molecular formula is C7H3F3N2S. The van der Waals surface area contributed by atoms with E-state index in [0.717, 1.165) is 12.3 Å². The molecule has 6 heteroatoms. The van der Waals surface area contributed by atoms with Gasteiger partial charge in [-0.3, -0.25) is 0 Å². The molecule has 1 aromatic rings. The molecular weight excluding hydrogens is 201 g/mol. The minimum absolute atomic E-state index is 0.0964. The number of halogens is 3. The Hall–Kier alpha value is -1.35. The van der Waals surface area contributed by atoms with Crippen molar-refractivity contribution >= 4 is 12.2 Å². The van der Waals surface area contributed by atoms with E-state index in [-0.39, 0.29) is 5.56 Å². The van der Waals surface area contributed by atoms with Crippen LogP contribution in [0.4, 0.5) is 13.2 Å². The number of H-pyrrole nitrogens is 1. The molecule has 68 valence electrons. The summed E-state index contributed by atoms with van der Waals surface area (Å²) in [4.78, 5) is 2.20. The summed E-state index contributed by atoms with van der Waals surface area (Å²) in [6.07, 6.45) is -3.38. The molecule has 0 amide bonds. The van der Waals surface area contributed by atoms with Gasteiger partial charge in [-0.25, -0.2) is 0 Å². The van der Waals surface area contributed by atoms with Gasteiger partial charge in [0.25, 0.3) is 0 Å². The van der Waals surface area contributed by atoms with Gasteiger partial charge in [-0.2, -0.15) is 18.4 Å². The van der Waals surface area contributed by atoms with Crippen LogP contribution < -0.4 is 0 Å². The van der Waals surface area contributed by atoms with Gasteiger partial charge in [-0.1, -0.05) is 12.2 Å². The van der Waals surface area contributed by atoms with E-state index >= 15 is 0 Å². The SMILES string of the molecule is N#Cc1c[nH]c(=S)c(C(F)(F)F)c1. The monoisotopic (exact) mass is 204 g/mol. The molecule has 1 rings (SSSR count). The summed E-state index contributed by atoms with van der Waals surface area (Å²) in [5.41, 5.74) is -1.08. The molecule has 0 aliphatic rings. The number of nitriles is 1. The molecule has 0 atom stereocenters. The lowest BCUT2D eigenvalue weighted by Crippen LogP contribution is -2.07. The largest absolute Gasteiger partial charge is 0.419 e. The molecule has 1 heterocycles. The minimum Gasteiger partial charge on any atom is -0.351 e. The Morgan fingerprint density at radius 3 is 2.54 bits per heavy atom. The van der Waals surface area contributed by atoms with E-state index in [1.54, 1.807) is 6.07 Å². The van der Waals surface area contributed by atoms with E-state index < -0.39 is 16.4 Å². The van der Waals surface area contributed by atoms with Crippen molar-refractivity contribution in [2.45, 2.75) is 6.18 Å². The third kappa shape index (κ3) is 2.06. The van der Waals surface area contributed by atoms with Crippen LogP contribution in [0.15, 0.2) is 12.3 Å². The lowest BCUT2D eigenvalue weighted by atomic mass is 10.2. The molecule has 13 heavy (non-hydrogen) atoms. The molecule has 0 aliphatic carbocycles. The second kappa shape index (κ2) is 3.18. The Labute approximate surface area is 76.6 Å². The van der Waals surface area contributed by atoms with Gasteiger partial charge in [-0.05, 0) is 6.07 Å². The van der Waals surface area contributed by atoms with Gasteiger partial charge in [0, 0.05) is 6.20 Å². The zero-order valence-corrected chi connectivity index (χ0v) is 6.96. The first-order valence-corrected chi connectivity index (χ1v) is 3.56. The molecule has 0 radical (unpaired) electrons. The summed E-state index contributed by atoms with van der Waals surface area (Å²) in [5, 5.41) is 8.35. The third-order valence-corrected chi connectivity index (χ3v) is 1.68. The average molecular weight is 204 g/mol. The highest BCUT2D eigenvalue weighted by Crippen LogP contribution is 2.29. The normalized spacial score (nSPS) is 10.9. The summed E-state index contributed by atoms with van der Waals surface area (Å²) in [6, 6.07) is 2.31. The molecule has 0 fully saturated rings. The fourth-order valence-corrected chi connectivity index (χ4v) is 0.992. The summed E-state index contributed by atoms with van der Waals surface area (Å²) in [6.45, 7) is 0. The summed E-state index contributed by atoms with van der Waals surface area (Å²) in [7, 11) is 0. The van der Waals surface area contributed by atoms with E-state index in [1.807, 2.05) is 0 Å². The predicted octanol–water partition coefficient (Wildman–Crippen LogP) is 2.63. The Morgan fingerprint density at radius 2 is 2.08 bits per heavy atom. The minimum atomic E-state index is -4.51. The topological polar surface area (TPSA) is 39.6 Å². The molecule has 0 aromatic carbocycles. The van der Waals surface area contributed by atoms with Gasteiger partial charge in [0.1, 0.15) is 10.7 Å². The van der Waals surface area contributed by atoms with Crippen molar-refractivity contribution in [2.24, 2.45) is 0 Å². The van der Waals surface area contributed by atoms with Gasteiger partial charge < -0.3 is 4.98 Å². The zero-order valence-electron chi connectivity index (χ0n) is 6.14. The van der Waals surface area contributed by atoms with Crippen LogP contribution in [0, 0.1) is 16.0 Å². The van der Waals surface area contributed by atoms with E-state index in [2.05, 4.69) is 17.2 Å². The van der Waals surface area contributed by atoms with Gasteiger partial charge >= 0.3 is 6.18 Å². The van der Waals surface area contributed by atoms with Crippen molar-refractivity contribution in [1.29, 1.82) is 5.26 Å². The van der Waals surface area contributed by atoms with E-state index in [9.17, 15) is 13.2 Å². The van der Waals surface area contributed by atoms with E-state index in [0.29, 0.717) is 0 Å². The van der Waals surface area contributed by atoms with Crippen LogP contribution in [-0.2, 0) is 6.18 Å². The molecule has 0 unspecified atom stereocenters. The zero-order chi connectivity index (χ0) is 10.1. The summed E-state index contributed by atoms with van der Waals surface area (Å²) >= 11 is 4.42. The number of hydrogen-bond donors (Lipinski definition) is 1. The highest BCUT2D eigenvalue weighted by atomic mass is 32.1. The average Bonchev–Trinajstić information content (AvgIpc) is 2.03. The number of nitrogens with one attached hydrogen (secondary N) is 1. The smallest absolute Gasteiger partial charge is 0.351 e. The van der Waals surface area contributed by atoms with E-state index in [4.69, 9.17) is 5.26 Å². The molecule has 1 N–H and O–H groups in total. The summed E-state index contributed by atoms with van der Waals surface area (Å²) < 4.78 is 36.1. The van der Waals surface area contributed by atoms with Crippen LogP contribution in [0.3, 0.4) is 0 Å². The van der Waals surface area contributed by atoms with Crippen molar-refractivity contribution in [2.75, 3.05) is 0 Å². The number of aromatic amines is 1. The van der Waals surface area contributed by atoms with Gasteiger partial charge in [0.05, 0.1) is 11.1 Å². The Balaban J connectivity index is 3.38. The number of nitrogens with zero attached hydrogens (tertiary/aromatic N) is 1. The highest BCUT2D eigenvalue weighted by Gasteiger charge is 2.32. The van der Waals surface area contributed by atoms with Crippen molar-refractivity contribution < 1.29 is 13.2 Å². The maximum absolute atomic E-state index is 12.2. The number of alkyl halides is 3. The fraction of sp³-hybridized carbons (Fsp3) is 0.143. The van der Waals surface area contributed by atoms with Crippen LogP contribution >= 0.6 is 12.2 Å². The van der Waals surface area contributed by atoms with Crippen molar-refractivity contribution in [1.82, 2.24) is 4.98 Å². The molecule has 1 aromatic heterocycles. The quantitative estimate of drug-likeness (QED) is 0.660. The summed E-state index contributed by atoms with van der Waals surface area (Å²) in [5.74, 6) is 0. The Morgan fingerprint density at radius 1 is 1.46 bits per heavy atom. The van der Waals surface area contributed by atoms with Crippen molar-refractivity contribution in [3.8, 4) is 6.07 Å². The van der Waals surface area contributed by atoms with Gasteiger partial charge in [0.15, 0.2) is 0 Å². The first-order valence-electron chi connectivity index (χ1n) is 3.15. The molecule has 0 spiro atoms. The molecule has 0 bridgehead atoms. The fourth-order valence-electron chi connectivity index (χ4n) is 0.759. The first kappa shape index (κ1) is 9.74. The van der Waals surface area contributed by atoms with Gasteiger partial charge in [0.2, 0.25) is 0 Å². The lowest BCUT2D eigenvalue weighted by molar-refractivity contribution is -0.138. The van der Waals surface area contributed by atoms with Crippen LogP contribution in [-0.4, -0.2) is 4.98 Å². The van der Waals surface area contributed by atoms with Crippen LogP contribution in [0.2, 0.25) is 0 Å². The molecule has 2 nitrogen and oxygen atoms in total. The number of pyridine rings is 1. The third-order valence-electron chi connectivity index (χ3n) is 1.34.